The fraction of sp³-hybridized carbons (Fsp3) is 0.458. The maximum absolute atomic E-state index is 12.7. The molecule has 2 aromatic rings. The molecule has 0 spiro atoms. The van der Waals surface area contributed by atoms with Crippen LogP contribution in [-0.2, 0) is 22.4 Å². The van der Waals surface area contributed by atoms with Gasteiger partial charge in [-0.05, 0) is 60.9 Å². The number of furan rings is 1. The Morgan fingerprint density at radius 2 is 1.71 bits per heavy atom. The van der Waals surface area contributed by atoms with Gasteiger partial charge in [-0.2, -0.15) is 0 Å². The Hall–Kier alpha value is -3.09. The number of benzene rings is 1. The van der Waals surface area contributed by atoms with Gasteiger partial charge in [0.05, 0.1) is 12.3 Å². The quantitative estimate of drug-likeness (QED) is 0.767. The number of fused-ring (bicyclic) bond motifs is 1. The second-order valence-electron chi connectivity index (χ2n) is 8.23. The van der Waals surface area contributed by atoms with Crippen molar-refractivity contribution in [3.63, 3.8) is 0 Å². The molecule has 2 aliphatic rings. The van der Waals surface area contributed by atoms with Crippen LogP contribution in [0.2, 0.25) is 0 Å². The number of hydrogen-bond acceptors (Lipinski definition) is 4. The molecule has 2 heterocycles. The van der Waals surface area contributed by atoms with Gasteiger partial charge >= 0.3 is 11.8 Å². The van der Waals surface area contributed by atoms with Crippen molar-refractivity contribution in [2.45, 2.75) is 45.1 Å². The van der Waals surface area contributed by atoms with Crippen molar-refractivity contribution in [2.75, 3.05) is 26.2 Å². The van der Waals surface area contributed by atoms with E-state index >= 15 is 0 Å². The maximum atomic E-state index is 12.7. The molecular weight excluding hydrogens is 394 g/mol. The minimum atomic E-state index is -0.588. The molecule has 1 saturated heterocycles. The first-order valence-electron chi connectivity index (χ1n) is 11.1. The summed E-state index contributed by atoms with van der Waals surface area (Å²) >= 11 is 0. The number of aryl methyl sites for hydroxylation is 2. The van der Waals surface area contributed by atoms with E-state index in [0.29, 0.717) is 32.6 Å². The monoisotopic (exact) mass is 423 g/mol. The summed E-state index contributed by atoms with van der Waals surface area (Å²) in [5.74, 6) is -1.04. The summed E-state index contributed by atoms with van der Waals surface area (Å²) < 4.78 is 5.16. The third-order valence-electron chi connectivity index (χ3n) is 6.27. The molecule has 1 aromatic heterocycles. The van der Waals surface area contributed by atoms with Crippen molar-refractivity contribution in [2.24, 2.45) is 0 Å². The average Bonchev–Trinajstić information content (AvgIpc) is 3.36. The summed E-state index contributed by atoms with van der Waals surface area (Å²) in [7, 11) is 0. The molecule has 4 rings (SSSR count). The number of nitrogens with one attached hydrogen (secondary N) is 1. The third kappa shape index (κ3) is 4.65. The summed E-state index contributed by atoms with van der Waals surface area (Å²) in [6.45, 7) is 3.41. The molecule has 0 radical (unpaired) electrons. The summed E-state index contributed by atoms with van der Waals surface area (Å²) in [6, 6.07) is 9.53. The molecule has 0 bridgehead atoms. The third-order valence-corrected chi connectivity index (χ3v) is 6.27. The summed E-state index contributed by atoms with van der Waals surface area (Å²) in [4.78, 5) is 40.9. The van der Waals surface area contributed by atoms with Gasteiger partial charge in [-0.3, -0.25) is 14.4 Å². The average molecular weight is 424 g/mol. The van der Waals surface area contributed by atoms with Crippen LogP contribution < -0.4 is 5.32 Å². The van der Waals surface area contributed by atoms with Gasteiger partial charge in [0, 0.05) is 26.2 Å². The van der Waals surface area contributed by atoms with Crippen LogP contribution in [-0.4, -0.2) is 53.7 Å². The minimum absolute atomic E-state index is 0.189. The van der Waals surface area contributed by atoms with Crippen LogP contribution in [0.4, 0.5) is 0 Å². The minimum Gasteiger partial charge on any atom is -0.459 e. The zero-order valence-corrected chi connectivity index (χ0v) is 17.9. The topological polar surface area (TPSA) is 82.9 Å². The van der Waals surface area contributed by atoms with Gasteiger partial charge in [-0.15, -0.1) is 0 Å². The van der Waals surface area contributed by atoms with Crippen molar-refractivity contribution in [1.82, 2.24) is 15.1 Å². The summed E-state index contributed by atoms with van der Waals surface area (Å²) in [5.41, 5.74) is 3.81. The number of nitrogens with zero attached hydrogens (tertiary/aromatic N) is 2. The molecule has 31 heavy (non-hydrogen) atoms. The van der Waals surface area contributed by atoms with E-state index in [1.165, 1.54) is 35.1 Å². The highest BCUT2D eigenvalue weighted by atomic mass is 16.3. The summed E-state index contributed by atoms with van der Waals surface area (Å²) in [6.07, 6.45) is 6.80. The molecule has 1 aromatic carbocycles. The number of rotatable bonds is 4. The van der Waals surface area contributed by atoms with E-state index in [0.717, 1.165) is 18.4 Å². The van der Waals surface area contributed by atoms with E-state index in [1.54, 1.807) is 17.0 Å². The van der Waals surface area contributed by atoms with Gasteiger partial charge < -0.3 is 19.5 Å². The van der Waals surface area contributed by atoms with Crippen LogP contribution in [0.5, 0.6) is 0 Å². The highest BCUT2D eigenvalue weighted by Crippen LogP contribution is 2.26. The first kappa shape index (κ1) is 21.2. The van der Waals surface area contributed by atoms with Crippen molar-refractivity contribution in [1.29, 1.82) is 0 Å². The lowest BCUT2D eigenvalue weighted by Gasteiger charge is -2.34. The highest BCUT2D eigenvalue weighted by Gasteiger charge is 2.30. The Morgan fingerprint density at radius 3 is 2.39 bits per heavy atom. The standard InChI is InChI=1S/C24H29N3O4/c1-2-20(19-10-9-17-6-3-4-7-18(17)16-19)25-22(28)24(30)27-13-11-26(12-14-27)23(29)21-8-5-15-31-21/h5,8-10,15-16,20H,2-4,6-7,11-14H2,1H3,(H,25,28). The van der Waals surface area contributed by atoms with Crippen molar-refractivity contribution in [3.8, 4) is 0 Å². The number of amides is 3. The lowest BCUT2D eigenvalue weighted by molar-refractivity contribution is -0.147. The zero-order chi connectivity index (χ0) is 21.8. The molecule has 1 aliphatic carbocycles. The summed E-state index contributed by atoms with van der Waals surface area (Å²) in [5, 5.41) is 2.92. The maximum Gasteiger partial charge on any atom is 0.312 e. The van der Waals surface area contributed by atoms with Gasteiger partial charge in [0.1, 0.15) is 0 Å². The van der Waals surface area contributed by atoms with E-state index in [-0.39, 0.29) is 17.7 Å². The molecular formula is C24H29N3O4. The normalized spacial score (nSPS) is 17.1. The van der Waals surface area contributed by atoms with Crippen LogP contribution in [0.3, 0.4) is 0 Å². The Morgan fingerprint density at radius 1 is 1.00 bits per heavy atom. The van der Waals surface area contributed by atoms with E-state index in [9.17, 15) is 14.4 Å². The molecule has 7 nitrogen and oxygen atoms in total. The molecule has 0 saturated carbocycles. The van der Waals surface area contributed by atoms with Crippen LogP contribution in [0.15, 0.2) is 41.0 Å². The lowest BCUT2D eigenvalue weighted by atomic mass is 9.89. The molecule has 1 unspecified atom stereocenters. The van der Waals surface area contributed by atoms with Gasteiger partial charge in [-0.25, -0.2) is 0 Å². The Bertz CT molecular complexity index is 946. The number of carbonyl (C=O) groups is 3. The van der Waals surface area contributed by atoms with Gasteiger partial charge in [0.15, 0.2) is 5.76 Å². The molecule has 164 valence electrons. The van der Waals surface area contributed by atoms with Crippen LogP contribution in [0.25, 0.3) is 0 Å². The van der Waals surface area contributed by atoms with Gasteiger partial charge in [-0.1, -0.05) is 25.1 Å². The molecule has 1 aliphatic heterocycles. The fourth-order valence-corrected chi connectivity index (χ4v) is 4.42. The largest absolute Gasteiger partial charge is 0.459 e. The van der Waals surface area contributed by atoms with E-state index in [2.05, 4.69) is 23.5 Å². The predicted molar refractivity (Wildman–Crippen MR) is 115 cm³/mol. The molecule has 1 atom stereocenters. The first-order chi connectivity index (χ1) is 15.1. The SMILES string of the molecule is CCC(NC(=O)C(=O)N1CCN(C(=O)c2ccco2)CC1)c1ccc2c(c1)CCCC2. The Kier molecular flexibility index (Phi) is 6.39. The van der Waals surface area contributed by atoms with E-state index in [4.69, 9.17) is 4.42 Å². The number of hydrogen-bond donors (Lipinski definition) is 1. The Balaban J connectivity index is 1.34. The zero-order valence-electron chi connectivity index (χ0n) is 17.9. The van der Waals surface area contributed by atoms with Crippen molar-refractivity contribution < 1.29 is 18.8 Å². The number of carbonyl (C=O) groups excluding carboxylic acids is 3. The van der Waals surface area contributed by atoms with Crippen molar-refractivity contribution >= 4 is 17.7 Å². The molecule has 1 N–H and O–H groups in total. The predicted octanol–water partition coefficient (Wildman–Crippen LogP) is 2.71. The number of piperazine rings is 1. The van der Waals surface area contributed by atoms with E-state index < -0.39 is 11.8 Å². The Labute approximate surface area is 182 Å². The highest BCUT2D eigenvalue weighted by molar-refractivity contribution is 6.35. The van der Waals surface area contributed by atoms with Gasteiger partial charge in [0.2, 0.25) is 0 Å². The molecule has 7 heteroatoms. The van der Waals surface area contributed by atoms with Crippen molar-refractivity contribution in [3.05, 3.63) is 59.0 Å². The molecule has 1 fully saturated rings. The smallest absolute Gasteiger partial charge is 0.312 e. The lowest BCUT2D eigenvalue weighted by Crippen LogP contribution is -2.54. The first-order valence-corrected chi connectivity index (χ1v) is 11.1. The van der Waals surface area contributed by atoms with Crippen LogP contribution in [0.1, 0.15) is 59.5 Å². The van der Waals surface area contributed by atoms with Crippen LogP contribution in [0, 0.1) is 0 Å². The fourth-order valence-electron chi connectivity index (χ4n) is 4.42. The van der Waals surface area contributed by atoms with Crippen LogP contribution >= 0.6 is 0 Å². The van der Waals surface area contributed by atoms with E-state index in [1.807, 2.05) is 6.92 Å². The molecule has 3 amide bonds. The second-order valence-corrected chi connectivity index (χ2v) is 8.23. The van der Waals surface area contributed by atoms with Gasteiger partial charge in [0.25, 0.3) is 5.91 Å². The second kappa shape index (κ2) is 9.37.